The second kappa shape index (κ2) is 11.7. The lowest BCUT2D eigenvalue weighted by Gasteiger charge is -2.43. The van der Waals surface area contributed by atoms with Crippen LogP contribution in [-0.2, 0) is 43.1 Å². The van der Waals surface area contributed by atoms with Crippen molar-refractivity contribution in [2.45, 2.75) is 89.6 Å². The molecule has 1 heterocycles. The average Bonchev–Trinajstić information content (AvgIpc) is 3.18. The van der Waals surface area contributed by atoms with Gasteiger partial charge >= 0.3 is 6.18 Å². The first-order chi connectivity index (χ1) is 18.3. The molecule has 0 aromatic heterocycles. The Hall–Kier alpha value is -2.17. The van der Waals surface area contributed by atoms with Crippen molar-refractivity contribution in [1.82, 2.24) is 5.32 Å². The Bertz CT molecular complexity index is 1140. The van der Waals surface area contributed by atoms with E-state index in [1.165, 1.54) is 12.1 Å². The molecule has 1 saturated carbocycles. The summed E-state index contributed by atoms with van der Waals surface area (Å²) in [5.41, 5.74) is -0.634. The second-order valence-corrected chi connectivity index (χ2v) is 11.5. The van der Waals surface area contributed by atoms with Crippen LogP contribution in [-0.4, -0.2) is 42.2 Å². The topological polar surface area (TPSA) is 66.0 Å². The number of benzene rings is 2. The molecule has 2 aromatic rings. The summed E-state index contributed by atoms with van der Waals surface area (Å²) >= 11 is 6.16. The maximum atomic E-state index is 13.7. The van der Waals surface area contributed by atoms with E-state index in [0.717, 1.165) is 17.7 Å². The van der Waals surface area contributed by atoms with Gasteiger partial charge in [0.05, 0.1) is 31.0 Å². The van der Waals surface area contributed by atoms with E-state index in [0.29, 0.717) is 17.1 Å². The molecule has 1 saturated heterocycles. The van der Waals surface area contributed by atoms with Crippen LogP contribution in [0.1, 0.15) is 57.2 Å². The normalized spacial score (nSPS) is 26.4. The second-order valence-electron chi connectivity index (χ2n) is 11.1. The van der Waals surface area contributed by atoms with Gasteiger partial charge in [0.25, 0.3) is 5.91 Å². The molecule has 1 aliphatic carbocycles. The largest absolute Gasteiger partial charge is 0.416 e. The number of hydrogen-bond acceptors (Lipinski definition) is 5. The van der Waals surface area contributed by atoms with Crippen LogP contribution in [0, 0.1) is 5.92 Å². The first kappa shape index (κ1) is 29.8. The summed E-state index contributed by atoms with van der Waals surface area (Å²) in [5, 5.41) is 3.57. The highest BCUT2D eigenvalue weighted by Crippen LogP contribution is 2.44. The third kappa shape index (κ3) is 7.52. The molecule has 0 unspecified atom stereocenters. The third-order valence-electron chi connectivity index (χ3n) is 6.88. The number of carbonyl (C=O) groups is 1. The van der Waals surface area contributed by atoms with Crippen molar-refractivity contribution in [2.75, 3.05) is 6.54 Å². The van der Waals surface area contributed by atoms with Crippen LogP contribution in [0.3, 0.4) is 0 Å². The molecule has 0 bridgehead atoms. The molecule has 0 spiro atoms. The summed E-state index contributed by atoms with van der Waals surface area (Å²) in [5.74, 6) is -0.942. The fourth-order valence-corrected chi connectivity index (χ4v) is 5.22. The molecule has 1 amide bonds. The molecule has 6 nitrogen and oxygen atoms in total. The standard InChI is InChI=1S/C29H35ClF3NO5/c1-18(2)15-34-26(35)28(37-17-20-6-5-7-22(30)12-20)13-23(25-24(14-28)38-27(3,4)39-25)36-16-19-8-10-21(11-9-19)29(31,32)33/h5-12,18,23-25H,13-17H2,1-4H3,(H,34,35)/t23-,24+,25-,28+/m0/s1. The number of halogens is 4. The van der Waals surface area contributed by atoms with E-state index < -0.39 is 41.4 Å². The highest BCUT2D eigenvalue weighted by molar-refractivity contribution is 6.30. The van der Waals surface area contributed by atoms with Gasteiger partial charge in [0.15, 0.2) is 11.4 Å². The molecule has 1 aliphatic heterocycles. The zero-order chi connectivity index (χ0) is 28.4. The summed E-state index contributed by atoms with van der Waals surface area (Å²) in [6.45, 7) is 8.25. The molecule has 2 aliphatic rings. The molecule has 4 atom stereocenters. The fourth-order valence-electron chi connectivity index (χ4n) is 5.01. The number of amides is 1. The average molecular weight is 570 g/mol. The van der Waals surface area contributed by atoms with Gasteiger partial charge in [-0.25, -0.2) is 0 Å². The first-order valence-corrected chi connectivity index (χ1v) is 13.4. The van der Waals surface area contributed by atoms with Crippen LogP contribution in [0.15, 0.2) is 48.5 Å². The molecule has 0 radical (unpaired) electrons. The van der Waals surface area contributed by atoms with Crippen LogP contribution in [0.5, 0.6) is 0 Å². The van der Waals surface area contributed by atoms with Crippen LogP contribution in [0.25, 0.3) is 0 Å². The maximum absolute atomic E-state index is 13.7. The van der Waals surface area contributed by atoms with Gasteiger partial charge in [0.2, 0.25) is 0 Å². The van der Waals surface area contributed by atoms with Crippen molar-refractivity contribution < 1.29 is 36.9 Å². The van der Waals surface area contributed by atoms with E-state index in [1.807, 2.05) is 26.0 Å². The van der Waals surface area contributed by atoms with Crippen LogP contribution in [0.2, 0.25) is 5.02 Å². The molecule has 1 N–H and O–H groups in total. The Balaban J connectivity index is 1.58. The van der Waals surface area contributed by atoms with Gasteiger partial charge in [-0.1, -0.05) is 49.7 Å². The van der Waals surface area contributed by atoms with Gasteiger partial charge in [-0.3, -0.25) is 4.79 Å². The van der Waals surface area contributed by atoms with Crippen LogP contribution >= 0.6 is 11.6 Å². The molecular weight excluding hydrogens is 535 g/mol. The number of hydrogen-bond donors (Lipinski definition) is 1. The maximum Gasteiger partial charge on any atom is 0.416 e. The SMILES string of the molecule is CC(C)CNC(=O)[C@@]1(OCc2cccc(Cl)c2)C[C@H](OCc2ccc(C(F)(F)F)cc2)[C@@H]2OC(C)(C)O[C@@H]2C1. The van der Waals surface area contributed by atoms with Crippen molar-refractivity contribution in [3.63, 3.8) is 0 Å². The summed E-state index contributed by atoms with van der Waals surface area (Å²) in [6.07, 6.45) is -5.56. The number of ether oxygens (including phenoxy) is 4. The van der Waals surface area contributed by atoms with E-state index in [-0.39, 0.29) is 37.9 Å². The van der Waals surface area contributed by atoms with E-state index in [1.54, 1.807) is 26.0 Å². The van der Waals surface area contributed by atoms with E-state index in [2.05, 4.69) is 5.32 Å². The minimum atomic E-state index is -4.42. The van der Waals surface area contributed by atoms with Gasteiger partial charge in [-0.2, -0.15) is 13.2 Å². The smallest absolute Gasteiger partial charge is 0.371 e. The number of carbonyl (C=O) groups excluding carboxylic acids is 1. The molecule has 39 heavy (non-hydrogen) atoms. The predicted octanol–water partition coefficient (Wildman–Crippen LogP) is 6.29. The first-order valence-electron chi connectivity index (χ1n) is 13.1. The van der Waals surface area contributed by atoms with E-state index >= 15 is 0 Å². The molecule has 10 heteroatoms. The van der Waals surface area contributed by atoms with Crippen LogP contribution < -0.4 is 5.32 Å². The van der Waals surface area contributed by atoms with Crippen molar-refractivity contribution >= 4 is 17.5 Å². The van der Waals surface area contributed by atoms with Gasteiger partial charge in [-0.05, 0) is 55.2 Å². The monoisotopic (exact) mass is 569 g/mol. The Morgan fingerprint density at radius 2 is 1.79 bits per heavy atom. The molecule has 2 fully saturated rings. The summed E-state index contributed by atoms with van der Waals surface area (Å²) in [7, 11) is 0. The summed E-state index contributed by atoms with van der Waals surface area (Å²) in [4.78, 5) is 13.7. The minimum absolute atomic E-state index is 0.0355. The number of fused-ring (bicyclic) bond motifs is 1. The van der Waals surface area contributed by atoms with Gasteiger partial charge in [0, 0.05) is 24.4 Å². The lowest BCUT2D eigenvalue weighted by molar-refractivity contribution is -0.183. The Morgan fingerprint density at radius 1 is 1.08 bits per heavy atom. The minimum Gasteiger partial charge on any atom is -0.371 e. The highest BCUT2D eigenvalue weighted by Gasteiger charge is 2.58. The Labute approximate surface area is 232 Å². The Kier molecular flexibility index (Phi) is 8.98. The molecule has 2 aromatic carbocycles. The van der Waals surface area contributed by atoms with Crippen molar-refractivity contribution in [2.24, 2.45) is 5.92 Å². The van der Waals surface area contributed by atoms with Crippen molar-refractivity contribution in [3.8, 4) is 0 Å². The summed E-state index contributed by atoms with van der Waals surface area (Å²) < 4.78 is 64.0. The lowest BCUT2D eigenvalue weighted by Crippen LogP contribution is -2.60. The molecule has 214 valence electrons. The van der Waals surface area contributed by atoms with Gasteiger partial charge in [-0.15, -0.1) is 0 Å². The van der Waals surface area contributed by atoms with Gasteiger partial charge < -0.3 is 24.3 Å². The van der Waals surface area contributed by atoms with Crippen LogP contribution in [0.4, 0.5) is 13.2 Å². The van der Waals surface area contributed by atoms with Crippen molar-refractivity contribution in [1.29, 1.82) is 0 Å². The number of rotatable bonds is 9. The number of nitrogens with one attached hydrogen (secondary N) is 1. The zero-order valence-electron chi connectivity index (χ0n) is 22.5. The zero-order valence-corrected chi connectivity index (χ0v) is 23.3. The Morgan fingerprint density at radius 3 is 2.44 bits per heavy atom. The predicted molar refractivity (Wildman–Crippen MR) is 140 cm³/mol. The highest BCUT2D eigenvalue weighted by atomic mass is 35.5. The molecular formula is C29H35ClF3NO5. The molecule has 4 rings (SSSR count). The summed E-state index contributed by atoms with van der Waals surface area (Å²) in [6, 6.07) is 12.1. The number of alkyl halides is 3. The van der Waals surface area contributed by atoms with Crippen molar-refractivity contribution in [3.05, 3.63) is 70.2 Å². The quantitative estimate of drug-likeness (QED) is 0.385. The fraction of sp³-hybridized carbons (Fsp3) is 0.552. The lowest BCUT2D eigenvalue weighted by atomic mass is 9.78. The van der Waals surface area contributed by atoms with Gasteiger partial charge in [0.1, 0.15) is 6.10 Å². The third-order valence-corrected chi connectivity index (χ3v) is 7.12. The van der Waals surface area contributed by atoms with E-state index in [9.17, 15) is 18.0 Å². The van der Waals surface area contributed by atoms with E-state index in [4.69, 9.17) is 30.5 Å².